The van der Waals surface area contributed by atoms with Crippen molar-refractivity contribution in [2.45, 2.75) is 48.9 Å². The summed E-state index contributed by atoms with van der Waals surface area (Å²) in [7, 11) is 0. The van der Waals surface area contributed by atoms with Gasteiger partial charge in [0.25, 0.3) is 5.91 Å². The number of aromatic hydroxyl groups is 2. The van der Waals surface area contributed by atoms with Crippen LogP contribution in [0.5, 0.6) is 11.5 Å². The first-order valence-corrected chi connectivity index (χ1v) is 13.3. The van der Waals surface area contributed by atoms with E-state index in [1.54, 1.807) is 11.8 Å². The molecule has 6 N–H and O–H groups in total. The van der Waals surface area contributed by atoms with Crippen molar-refractivity contribution in [3.8, 4) is 11.5 Å². The Morgan fingerprint density at radius 2 is 1.95 bits per heavy atom. The molecule has 37 heavy (non-hydrogen) atoms. The Kier molecular flexibility index (Phi) is 8.39. The number of hydrogen-bond acceptors (Lipinski definition) is 11. The molecule has 4 rings (SSSR count). The van der Waals surface area contributed by atoms with E-state index in [-0.39, 0.29) is 29.8 Å². The molecule has 198 valence electrons. The number of rotatable bonds is 8. The van der Waals surface area contributed by atoms with Gasteiger partial charge < -0.3 is 35.9 Å². The quantitative estimate of drug-likeness (QED) is 0.222. The van der Waals surface area contributed by atoms with Gasteiger partial charge in [0.2, 0.25) is 0 Å². The first kappa shape index (κ1) is 26.9. The third-order valence-electron chi connectivity index (χ3n) is 6.27. The average Bonchev–Trinajstić information content (AvgIpc) is 3.24. The number of ether oxygens (including phenoxy) is 1. The number of esters is 1. The van der Waals surface area contributed by atoms with Crippen molar-refractivity contribution in [2.75, 3.05) is 25.4 Å². The average molecular weight is 594 g/mol. The van der Waals surface area contributed by atoms with Gasteiger partial charge in [-0.25, -0.2) is 15.0 Å². The molecule has 0 spiro atoms. The monoisotopic (exact) mass is 593 g/mol. The third kappa shape index (κ3) is 6.08. The first-order chi connectivity index (χ1) is 17.7. The summed E-state index contributed by atoms with van der Waals surface area (Å²) in [6.45, 7) is 3.07. The second-order valence-electron chi connectivity index (χ2n) is 8.74. The van der Waals surface area contributed by atoms with Gasteiger partial charge in [0.05, 0.1) is 6.54 Å². The summed E-state index contributed by atoms with van der Waals surface area (Å²) in [5.41, 5.74) is 12.4. The summed E-state index contributed by atoms with van der Waals surface area (Å²) in [6.07, 6.45) is 2.99. The number of anilines is 1. The van der Waals surface area contributed by atoms with Gasteiger partial charge >= 0.3 is 5.97 Å². The number of carbonyl (C=O) groups excluding carboxylic acids is 2. The number of piperidine rings is 1. The van der Waals surface area contributed by atoms with Gasteiger partial charge in [-0.05, 0) is 60.2 Å². The SMILES string of the molecule is C[C@H](OC(=O)CN)C(=O)N1CCC(CCn2c(Sc3cc(O)c(O)cc3Br)nc3c(N)ncnc32)CC1. The zero-order valence-electron chi connectivity index (χ0n) is 20.1. The minimum absolute atomic E-state index is 0.213. The Morgan fingerprint density at radius 3 is 2.65 bits per heavy atom. The number of benzene rings is 1. The minimum Gasteiger partial charge on any atom is -0.504 e. The number of nitrogen functional groups attached to an aromatic ring is 1. The lowest BCUT2D eigenvalue weighted by atomic mass is 9.93. The van der Waals surface area contributed by atoms with Gasteiger partial charge in [0.15, 0.2) is 39.7 Å². The highest BCUT2D eigenvalue weighted by atomic mass is 79.9. The fourth-order valence-corrected chi connectivity index (χ4v) is 5.75. The number of fused-ring (bicyclic) bond motifs is 1. The number of aromatic nitrogens is 4. The van der Waals surface area contributed by atoms with Gasteiger partial charge in [-0.2, -0.15) is 0 Å². The highest BCUT2D eigenvalue weighted by Crippen LogP contribution is 2.40. The Bertz CT molecular complexity index is 1310. The molecule has 3 heterocycles. The second-order valence-corrected chi connectivity index (χ2v) is 10.6. The highest BCUT2D eigenvalue weighted by Gasteiger charge is 2.28. The molecule has 1 amide bonds. The van der Waals surface area contributed by atoms with Crippen LogP contribution in [0.4, 0.5) is 5.82 Å². The lowest BCUT2D eigenvalue weighted by Crippen LogP contribution is -2.44. The van der Waals surface area contributed by atoms with E-state index in [0.29, 0.717) is 51.2 Å². The van der Waals surface area contributed by atoms with Crippen molar-refractivity contribution in [2.24, 2.45) is 11.7 Å². The van der Waals surface area contributed by atoms with E-state index in [1.807, 2.05) is 4.57 Å². The molecule has 1 saturated heterocycles. The van der Waals surface area contributed by atoms with Crippen LogP contribution in [-0.2, 0) is 20.9 Å². The molecule has 0 saturated carbocycles. The van der Waals surface area contributed by atoms with Crippen molar-refractivity contribution in [3.63, 3.8) is 0 Å². The molecular formula is C23H28BrN7O5S. The molecular weight excluding hydrogens is 566 g/mol. The van der Waals surface area contributed by atoms with Crippen LogP contribution in [0.3, 0.4) is 0 Å². The van der Waals surface area contributed by atoms with E-state index in [0.717, 1.165) is 19.3 Å². The largest absolute Gasteiger partial charge is 0.504 e. The molecule has 0 aliphatic carbocycles. The number of nitrogens with two attached hydrogens (primary N) is 2. The van der Waals surface area contributed by atoms with Gasteiger partial charge in [0.1, 0.15) is 6.33 Å². The van der Waals surface area contributed by atoms with Crippen molar-refractivity contribution in [3.05, 3.63) is 22.9 Å². The van der Waals surface area contributed by atoms with E-state index in [4.69, 9.17) is 16.2 Å². The van der Waals surface area contributed by atoms with Crippen LogP contribution in [-0.4, -0.2) is 72.2 Å². The number of phenolic OH excluding ortho intramolecular Hbond substituents is 2. The van der Waals surface area contributed by atoms with Crippen LogP contribution >= 0.6 is 27.7 Å². The molecule has 1 fully saturated rings. The molecule has 0 radical (unpaired) electrons. The number of likely N-dealkylation sites (tertiary alicyclic amines) is 1. The number of nitrogens with zero attached hydrogens (tertiary/aromatic N) is 5. The van der Waals surface area contributed by atoms with E-state index in [9.17, 15) is 19.8 Å². The summed E-state index contributed by atoms with van der Waals surface area (Å²) in [5.74, 6) is -0.637. The molecule has 12 nitrogen and oxygen atoms in total. The van der Waals surface area contributed by atoms with Gasteiger partial charge in [-0.1, -0.05) is 11.8 Å². The Balaban J connectivity index is 1.45. The van der Waals surface area contributed by atoms with Crippen molar-refractivity contribution >= 4 is 56.6 Å². The fraction of sp³-hybridized carbons (Fsp3) is 0.435. The molecule has 14 heteroatoms. The van der Waals surface area contributed by atoms with Gasteiger partial charge in [-0.3, -0.25) is 9.59 Å². The number of carbonyl (C=O) groups is 2. The zero-order chi connectivity index (χ0) is 26.7. The number of halogens is 1. The summed E-state index contributed by atoms with van der Waals surface area (Å²) < 4.78 is 7.63. The molecule has 2 aromatic heterocycles. The summed E-state index contributed by atoms with van der Waals surface area (Å²) in [4.78, 5) is 39.5. The normalized spacial score (nSPS) is 15.2. The molecule has 1 aliphatic heterocycles. The molecule has 1 aromatic carbocycles. The smallest absolute Gasteiger partial charge is 0.320 e. The predicted octanol–water partition coefficient (Wildman–Crippen LogP) is 2.25. The molecule has 1 aliphatic rings. The Morgan fingerprint density at radius 1 is 1.24 bits per heavy atom. The van der Waals surface area contributed by atoms with E-state index in [2.05, 4.69) is 30.9 Å². The van der Waals surface area contributed by atoms with Crippen LogP contribution in [0.15, 0.2) is 33.0 Å². The number of amides is 1. The van der Waals surface area contributed by atoms with Crippen molar-refractivity contribution in [1.82, 2.24) is 24.4 Å². The number of hydrogen-bond donors (Lipinski definition) is 4. The molecule has 0 bridgehead atoms. The zero-order valence-corrected chi connectivity index (χ0v) is 22.5. The summed E-state index contributed by atoms with van der Waals surface area (Å²) >= 11 is 4.73. The van der Waals surface area contributed by atoms with Gasteiger partial charge in [0, 0.05) is 29.0 Å². The van der Waals surface area contributed by atoms with Gasteiger partial charge in [-0.15, -0.1) is 0 Å². The van der Waals surface area contributed by atoms with Crippen LogP contribution in [0.2, 0.25) is 0 Å². The van der Waals surface area contributed by atoms with Crippen LogP contribution in [0.1, 0.15) is 26.2 Å². The van der Waals surface area contributed by atoms with E-state index in [1.165, 1.54) is 30.2 Å². The second kappa shape index (κ2) is 11.5. The summed E-state index contributed by atoms with van der Waals surface area (Å²) in [6, 6.07) is 2.88. The standard InChI is InChI=1S/C23H28BrN7O5S/c1-12(36-18(34)10-25)22(35)30-5-2-13(3-6-30)4-7-31-21-19(20(26)27-11-28-21)29-23(31)37-17-9-16(33)15(32)8-14(17)24/h8-9,11-13,32-33H,2-7,10,25H2,1H3,(H2,26,27,28)/t12-/m0/s1. The first-order valence-electron chi connectivity index (χ1n) is 11.7. The fourth-order valence-electron chi connectivity index (χ4n) is 4.23. The topological polar surface area (TPSA) is 183 Å². The van der Waals surface area contributed by atoms with Crippen LogP contribution in [0.25, 0.3) is 11.2 Å². The Hall–Kier alpha value is -3.10. The maximum Gasteiger partial charge on any atom is 0.320 e. The molecule has 0 unspecified atom stereocenters. The Labute approximate surface area is 225 Å². The third-order valence-corrected chi connectivity index (χ3v) is 8.24. The van der Waals surface area contributed by atoms with E-state index >= 15 is 0 Å². The maximum absolute atomic E-state index is 12.6. The number of phenols is 2. The predicted molar refractivity (Wildman–Crippen MR) is 140 cm³/mol. The minimum atomic E-state index is -0.853. The number of imidazole rings is 1. The lowest BCUT2D eigenvalue weighted by molar-refractivity contribution is -0.158. The lowest BCUT2D eigenvalue weighted by Gasteiger charge is -2.33. The molecule has 1 atom stereocenters. The molecule has 3 aromatic rings. The maximum atomic E-state index is 12.6. The highest BCUT2D eigenvalue weighted by molar-refractivity contribution is 9.10. The van der Waals surface area contributed by atoms with Crippen molar-refractivity contribution < 1.29 is 24.5 Å². The summed E-state index contributed by atoms with van der Waals surface area (Å²) in [5, 5.41) is 20.4. The number of aryl methyl sites for hydroxylation is 1. The van der Waals surface area contributed by atoms with Crippen LogP contribution < -0.4 is 11.5 Å². The van der Waals surface area contributed by atoms with Crippen molar-refractivity contribution in [1.29, 1.82) is 0 Å². The van der Waals surface area contributed by atoms with Crippen LogP contribution in [0, 0.1) is 5.92 Å². The van der Waals surface area contributed by atoms with E-state index < -0.39 is 12.1 Å².